The van der Waals surface area contributed by atoms with E-state index in [1.54, 1.807) is 6.20 Å². The van der Waals surface area contributed by atoms with Gasteiger partial charge in [-0.1, -0.05) is 12.1 Å². The standard InChI is InChI=1S/C25H25N5O2/c1-29-10-7-21-18(11-17-3-5-20(6-4-17)30-9-2-8-26-30)12-22(28-23(21)29)24(31)27-19-13-25(14-19)15-32-16-25/h2-10,12,19H,11,13-16H2,1H3,(H,27,31). The second kappa shape index (κ2) is 7.31. The third-order valence-electron chi connectivity index (χ3n) is 6.77. The second-order valence-electron chi connectivity index (χ2n) is 9.20. The van der Waals surface area contributed by atoms with E-state index < -0.39 is 0 Å². The lowest BCUT2D eigenvalue weighted by atomic mass is 9.64. The second-order valence-corrected chi connectivity index (χ2v) is 9.20. The number of hydrogen-bond donors (Lipinski definition) is 1. The number of nitrogens with zero attached hydrogens (tertiary/aromatic N) is 4. The first-order valence-electron chi connectivity index (χ1n) is 11.0. The smallest absolute Gasteiger partial charge is 0.270 e. The molecule has 1 saturated carbocycles. The molecule has 0 radical (unpaired) electrons. The van der Waals surface area contributed by atoms with Crippen molar-refractivity contribution in [2.45, 2.75) is 25.3 Å². The van der Waals surface area contributed by atoms with Crippen molar-refractivity contribution < 1.29 is 9.53 Å². The molecule has 1 aliphatic heterocycles. The van der Waals surface area contributed by atoms with E-state index in [-0.39, 0.29) is 11.9 Å². The summed E-state index contributed by atoms with van der Waals surface area (Å²) in [5, 5.41) is 8.53. The van der Waals surface area contributed by atoms with Crippen molar-refractivity contribution in [3.8, 4) is 5.69 Å². The van der Waals surface area contributed by atoms with Gasteiger partial charge >= 0.3 is 0 Å². The van der Waals surface area contributed by atoms with Crippen LogP contribution in [0.5, 0.6) is 0 Å². The molecule has 2 fully saturated rings. The van der Waals surface area contributed by atoms with E-state index in [1.165, 1.54) is 5.56 Å². The van der Waals surface area contributed by atoms with Crippen molar-refractivity contribution in [3.63, 3.8) is 0 Å². The summed E-state index contributed by atoms with van der Waals surface area (Å²) < 4.78 is 9.15. The topological polar surface area (TPSA) is 74.0 Å². The molecule has 4 aromatic rings. The highest BCUT2D eigenvalue weighted by Gasteiger charge is 2.50. The summed E-state index contributed by atoms with van der Waals surface area (Å²) in [5.41, 5.74) is 4.93. The van der Waals surface area contributed by atoms with E-state index in [0.717, 1.165) is 54.8 Å². The fourth-order valence-electron chi connectivity index (χ4n) is 4.94. The normalized spacial score (nSPS) is 17.3. The van der Waals surface area contributed by atoms with Gasteiger partial charge in [-0.25, -0.2) is 9.67 Å². The highest BCUT2D eigenvalue weighted by Crippen LogP contribution is 2.46. The molecule has 1 N–H and O–H groups in total. The average Bonchev–Trinajstić information content (AvgIpc) is 3.40. The lowest BCUT2D eigenvalue weighted by molar-refractivity contribution is -0.165. The van der Waals surface area contributed by atoms with Gasteiger partial charge in [0.2, 0.25) is 0 Å². The van der Waals surface area contributed by atoms with Crippen molar-refractivity contribution in [1.29, 1.82) is 0 Å². The minimum atomic E-state index is -0.0940. The first-order chi connectivity index (χ1) is 15.6. The van der Waals surface area contributed by atoms with Crippen LogP contribution in [0.25, 0.3) is 16.7 Å². The van der Waals surface area contributed by atoms with E-state index >= 15 is 0 Å². The number of fused-ring (bicyclic) bond motifs is 1. The first kappa shape index (κ1) is 19.3. The largest absolute Gasteiger partial charge is 0.380 e. The number of pyridine rings is 1. The Morgan fingerprint density at radius 2 is 2.00 bits per heavy atom. The monoisotopic (exact) mass is 427 g/mol. The van der Waals surface area contributed by atoms with Gasteiger partial charge in [0.25, 0.3) is 5.91 Å². The zero-order valence-electron chi connectivity index (χ0n) is 18.0. The molecule has 0 bridgehead atoms. The van der Waals surface area contributed by atoms with Crippen LogP contribution < -0.4 is 5.32 Å². The van der Waals surface area contributed by atoms with Crippen molar-refractivity contribution in [2.75, 3.05) is 13.2 Å². The van der Waals surface area contributed by atoms with Gasteiger partial charge in [0.1, 0.15) is 11.3 Å². The van der Waals surface area contributed by atoms with Gasteiger partial charge in [-0.3, -0.25) is 4.79 Å². The first-order valence-corrected chi connectivity index (χ1v) is 11.0. The number of ether oxygens (including phenoxy) is 1. The van der Waals surface area contributed by atoms with Gasteiger partial charge in [-0.05, 0) is 60.7 Å². The maximum atomic E-state index is 13.0. The zero-order chi connectivity index (χ0) is 21.7. The fraction of sp³-hybridized carbons (Fsp3) is 0.320. The van der Waals surface area contributed by atoms with E-state index in [1.807, 2.05) is 40.8 Å². The Balaban J connectivity index is 1.25. The van der Waals surface area contributed by atoms with Crippen molar-refractivity contribution in [3.05, 3.63) is 77.9 Å². The number of rotatable bonds is 5. The molecule has 1 aromatic carbocycles. The minimum Gasteiger partial charge on any atom is -0.380 e. The number of carbonyl (C=O) groups excluding carboxylic acids is 1. The van der Waals surface area contributed by atoms with Crippen LogP contribution in [0, 0.1) is 5.41 Å². The van der Waals surface area contributed by atoms with Gasteiger partial charge in [0.15, 0.2) is 0 Å². The molecule has 7 nitrogen and oxygen atoms in total. The quantitative estimate of drug-likeness (QED) is 0.531. The summed E-state index contributed by atoms with van der Waals surface area (Å²) in [7, 11) is 1.96. The molecule has 162 valence electrons. The molecule has 1 aliphatic carbocycles. The number of aromatic nitrogens is 4. The van der Waals surface area contributed by atoms with Gasteiger partial charge in [-0.2, -0.15) is 5.10 Å². The Morgan fingerprint density at radius 1 is 1.19 bits per heavy atom. The average molecular weight is 428 g/mol. The molecule has 1 spiro atoms. The predicted molar refractivity (Wildman–Crippen MR) is 121 cm³/mol. The number of nitrogens with one attached hydrogen (secondary N) is 1. The number of carbonyl (C=O) groups is 1. The summed E-state index contributed by atoms with van der Waals surface area (Å²) in [6, 6.07) is 14.5. The Bertz CT molecular complexity index is 1280. The molecule has 7 heteroatoms. The molecular weight excluding hydrogens is 402 g/mol. The van der Waals surface area contributed by atoms with E-state index in [2.05, 4.69) is 45.7 Å². The molecule has 32 heavy (non-hydrogen) atoms. The van der Waals surface area contributed by atoms with Gasteiger partial charge in [0, 0.05) is 42.5 Å². The number of aryl methyl sites for hydroxylation is 1. The number of benzene rings is 1. The van der Waals surface area contributed by atoms with Crippen LogP contribution in [0.4, 0.5) is 0 Å². The summed E-state index contributed by atoms with van der Waals surface area (Å²) >= 11 is 0. The third-order valence-corrected chi connectivity index (χ3v) is 6.77. The van der Waals surface area contributed by atoms with Crippen LogP contribution in [0.1, 0.15) is 34.5 Å². The highest BCUT2D eigenvalue weighted by atomic mass is 16.5. The number of amides is 1. The molecule has 1 saturated heterocycles. The maximum absolute atomic E-state index is 13.0. The molecule has 0 atom stereocenters. The lowest BCUT2D eigenvalue weighted by Gasteiger charge is -2.53. The molecule has 3 aromatic heterocycles. The van der Waals surface area contributed by atoms with Crippen molar-refractivity contribution in [1.82, 2.24) is 24.6 Å². The molecule has 2 aliphatic rings. The Morgan fingerprint density at radius 3 is 2.69 bits per heavy atom. The Labute approximate surface area is 186 Å². The molecule has 1 amide bonds. The molecule has 6 rings (SSSR count). The molecule has 4 heterocycles. The van der Waals surface area contributed by atoms with Crippen LogP contribution in [0.2, 0.25) is 0 Å². The van der Waals surface area contributed by atoms with E-state index in [4.69, 9.17) is 4.74 Å². The van der Waals surface area contributed by atoms with Crippen LogP contribution in [0.15, 0.2) is 61.1 Å². The van der Waals surface area contributed by atoms with Gasteiger partial charge in [-0.15, -0.1) is 0 Å². The fourth-order valence-corrected chi connectivity index (χ4v) is 4.94. The van der Waals surface area contributed by atoms with E-state index in [0.29, 0.717) is 11.1 Å². The summed E-state index contributed by atoms with van der Waals surface area (Å²) in [6.07, 6.45) is 8.43. The maximum Gasteiger partial charge on any atom is 0.270 e. The van der Waals surface area contributed by atoms with Crippen molar-refractivity contribution in [2.24, 2.45) is 12.5 Å². The number of hydrogen-bond acceptors (Lipinski definition) is 4. The highest BCUT2D eigenvalue weighted by molar-refractivity contribution is 5.96. The summed E-state index contributed by atoms with van der Waals surface area (Å²) in [6.45, 7) is 1.66. The van der Waals surface area contributed by atoms with Crippen LogP contribution in [0.3, 0.4) is 0 Å². The van der Waals surface area contributed by atoms with Crippen LogP contribution in [-0.4, -0.2) is 44.5 Å². The lowest BCUT2D eigenvalue weighted by Crippen LogP contribution is -2.59. The van der Waals surface area contributed by atoms with E-state index in [9.17, 15) is 4.79 Å². The SMILES string of the molecule is Cn1ccc2c(Cc3ccc(-n4cccn4)cc3)cc(C(=O)NC3CC4(COC4)C3)nc21. The Kier molecular flexibility index (Phi) is 4.40. The minimum absolute atomic E-state index is 0.0940. The van der Waals surface area contributed by atoms with Gasteiger partial charge < -0.3 is 14.6 Å². The van der Waals surface area contributed by atoms with Crippen LogP contribution in [-0.2, 0) is 18.2 Å². The molecular formula is C25H25N5O2. The predicted octanol–water partition coefficient (Wildman–Crippen LogP) is 3.26. The Hall–Kier alpha value is -3.45. The zero-order valence-corrected chi connectivity index (χ0v) is 18.0. The van der Waals surface area contributed by atoms with Crippen molar-refractivity contribution >= 4 is 16.9 Å². The molecule has 0 unspecified atom stereocenters. The van der Waals surface area contributed by atoms with Gasteiger partial charge in [0.05, 0.1) is 18.9 Å². The summed E-state index contributed by atoms with van der Waals surface area (Å²) in [5.74, 6) is -0.0940. The summed E-state index contributed by atoms with van der Waals surface area (Å²) in [4.78, 5) is 17.7. The van der Waals surface area contributed by atoms with Crippen LogP contribution >= 0.6 is 0 Å². The third kappa shape index (κ3) is 3.29.